The highest BCUT2D eigenvalue weighted by atomic mass is 19.1. The maximum absolute atomic E-state index is 13.8. The molecule has 7 heteroatoms. The van der Waals surface area contributed by atoms with Crippen LogP contribution in [-0.2, 0) is 16.0 Å². The average Bonchev–Trinajstić information content (AvgIpc) is 3.15. The predicted molar refractivity (Wildman–Crippen MR) is 83.2 cm³/mol. The van der Waals surface area contributed by atoms with Gasteiger partial charge < -0.3 is 9.47 Å². The SMILES string of the molecule is O=C1CC(Cc2cc(F)ccc2F)C(=O)N1c1ccc2c(c1)OCO2. The molecule has 5 nitrogen and oxygen atoms in total. The van der Waals surface area contributed by atoms with Crippen LogP contribution in [0.5, 0.6) is 11.5 Å². The van der Waals surface area contributed by atoms with Crippen LogP contribution in [0, 0.1) is 17.6 Å². The molecule has 0 aliphatic carbocycles. The lowest BCUT2D eigenvalue weighted by Crippen LogP contribution is -2.30. The van der Waals surface area contributed by atoms with Crippen molar-refractivity contribution < 1.29 is 27.8 Å². The van der Waals surface area contributed by atoms with Crippen molar-refractivity contribution in [3.63, 3.8) is 0 Å². The maximum Gasteiger partial charge on any atom is 0.237 e. The molecule has 25 heavy (non-hydrogen) atoms. The van der Waals surface area contributed by atoms with E-state index in [9.17, 15) is 18.4 Å². The van der Waals surface area contributed by atoms with Crippen LogP contribution in [0.1, 0.15) is 12.0 Å². The highest BCUT2D eigenvalue weighted by Crippen LogP contribution is 2.38. The molecule has 0 saturated carbocycles. The highest BCUT2D eigenvalue weighted by molar-refractivity contribution is 6.21. The maximum atomic E-state index is 13.8. The zero-order valence-electron chi connectivity index (χ0n) is 13.0. The van der Waals surface area contributed by atoms with Crippen molar-refractivity contribution in [1.29, 1.82) is 0 Å². The Labute approximate surface area is 141 Å². The molecule has 0 N–H and O–H groups in total. The number of nitrogens with zero attached hydrogens (tertiary/aromatic N) is 1. The predicted octanol–water partition coefficient (Wildman–Crippen LogP) is 2.82. The molecule has 0 bridgehead atoms. The molecule has 0 radical (unpaired) electrons. The molecule has 2 aliphatic heterocycles. The number of ether oxygens (including phenoxy) is 2. The number of amides is 2. The molecule has 2 aromatic rings. The van der Waals surface area contributed by atoms with E-state index in [0.29, 0.717) is 17.2 Å². The van der Waals surface area contributed by atoms with Gasteiger partial charge in [-0.05, 0) is 42.3 Å². The largest absolute Gasteiger partial charge is 0.454 e. The molecule has 2 aromatic carbocycles. The molecule has 4 rings (SSSR count). The lowest BCUT2D eigenvalue weighted by molar-refractivity contribution is -0.122. The van der Waals surface area contributed by atoms with E-state index in [1.807, 2.05) is 0 Å². The van der Waals surface area contributed by atoms with E-state index in [2.05, 4.69) is 0 Å². The van der Waals surface area contributed by atoms with Crippen LogP contribution in [-0.4, -0.2) is 18.6 Å². The normalized spacial score (nSPS) is 19.0. The third kappa shape index (κ3) is 2.71. The molecule has 0 spiro atoms. The van der Waals surface area contributed by atoms with Crippen molar-refractivity contribution in [2.75, 3.05) is 11.7 Å². The highest BCUT2D eigenvalue weighted by Gasteiger charge is 2.40. The molecular weight excluding hydrogens is 332 g/mol. The van der Waals surface area contributed by atoms with E-state index in [0.717, 1.165) is 23.1 Å². The van der Waals surface area contributed by atoms with E-state index in [4.69, 9.17) is 9.47 Å². The molecule has 2 heterocycles. The number of rotatable bonds is 3. The van der Waals surface area contributed by atoms with E-state index < -0.39 is 23.5 Å². The van der Waals surface area contributed by atoms with Crippen molar-refractivity contribution in [3.05, 3.63) is 53.6 Å². The van der Waals surface area contributed by atoms with Gasteiger partial charge in [-0.2, -0.15) is 0 Å². The summed E-state index contributed by atoms with van der Waals surface area (Å²) in [6.07, 6.45) is -0.0849. The van der Waals surface area contributed by atoms with Gasteiger partial charge in [0.2, 0.25) is 18.6 Å². The number of carbonyl (C=O) groups is 2. The molecule has 0 aromatic heterocycles. The summed E-state index contributed by atoms with van der Waals surface area (Å²) in [6, 6.07) is 7.85. The minimum atomic E-state index is -0.728. The lowest BCUT2D eigenvalue weighted by Gasteiger charge is -2.15. The number of halogens is 2. The summed E-state index contributed by atoms with van der Waals surface area (Å²) in [5.74, 6) is -1.73. The second-order valence-corrected chi connectivity index (χ2v) is 5.95. The van der Waals surface area contributed by atoms with Gasteiger partial charge in [0.1, 0.15) is 11.6 Å². The Morgan fingerprint density at radius 3 is 2.68 bits per heavy atom. The van der Waals surface area contributed by atoms with Gasteiger partial charge in [0.05, 0.1) is 11.6 Å². The van der Waals surface area contributed by atoms with Crippen molar-refractivity contribution in [1.82, 2.24) is 0 Å². The average molecular weight is 345 g/mol. The van der Waals surface area contributed by atoms with Crippen molar-refractivity contribution in [2.45, 2.75) is 12.8 Å². The fraction of sp³-hybridized carbons (Fsp3) is 0.222. The zero-order valence-corrected chi connectivity index (χ0v) is 13.0. The Morgan fingerprint density at radius 2 is 1.84 bits per heavy atom. The standard InChI is InChI=1S/C18H13F2NO4/c19-12-1-3-14(20)10(6-12)5-11-7-17(22)21(18(11)23)13-2-4-15-16(8-13)25-9-24-15/h1-4,6,8,11H,5,7,9H2. The lowest BCUT2D eigenvalue weighted by atomic mass is 9.97. The van der Waals surface area contributed by atoms with Gasteiger partial charge in [-0.1, -0.05) is 0 Å². The van der Waals surface area contributed by atoms with Gasteiger partial charge in [0, 0.05) is 12.5 Å². The Balaban J connectivity index is 1.59. The van der Waals surface area contributed by atoms with Gasteiger partial charge in [0.25, 0.3) is 0 Å². The Hall–Kier alpha value is -2.96. The number of benzene rings is 2. The number of hydrogen-bond donors (Lipinski definition) is 0. The summed E-state index contributed by atoms with van der Waals surface area (Å²) in [4.78, 5) is 26.0. The van der Waals surface area contributed by atoms with Gasteiger partial charge in [0.15, 0.2) is 11.5 Å². The van der Waals surface area contributed by atoms with Gasteiger partial charge in [-0.3, -0.25) is 14.5 Å². The molecule has 2 aliphatic rings. The summed E-state index contributed by atoms with van der Waals surface area (Å²) < 4.78 is 37.6. The number of hydrogen-bond acceptors (Lipinski definition) is 4. The van der Waals surface area contributed by atoms with E-state index in [-0.39, 0.29) is 31.1 Å². The first-order valence-electron chi connectivity index (χ1n) is 7.73. The summed E-state index contributed by atoms with van der Waals surface area (Å²) in [5.41, 5.74) is 0.458. The topological polar surface area (TPSA) is 55.8 Å². The second kappa shape index (κ2) is 5.84. The van der Waals surface area contributed by atoms with Crippen LogP contribution in [0.25, 0.3) is 0 Å². The van der Waals surface area contributed by atoms with Gasteiger partial charge in [-0.15, -0.1) is 0 Å². The van der Waals surface area contributed by atoms with Crippen LogP contribution >= 0.6 is 0 Å². The first-order chi connectivity index (χ1) is 12.0. The Morgan fingerprint density at radius 1 is 1.04 bits per heavy atom. The molecule has 128 valence electrons. The van der Waals surface area contributed by atoms with Crippen molar-refractivity contribution in [2.24, 2.45) is 5.92 Å². The fourth-order valence-electron chi connectivity index (χ4n) is 3.12. The van der Waals surface area contributed by atoms with E-state index >= 15 is 0 Å². The quantitative estimate of drug-likeness (QED) is 0.803. The third-order valence-corrected chi connectivity index (χ3v) is 4.33. The summed E-state index contributed by atoms with van der Waals surface area (Å²) >= 11 is 0. The van der Waals surface area contributed by atoms with Gasteiger partial charge >= 0.3 is 0 Å². The van der Waals surface area contributed by atoms with Crippen LogP contribution < -0.4 is 14.4 Å². The minimum absolute atomic E-state index is 0.0325. The Kier molecular flexibility index (Phi) is 3.63. The summed E-state index contributed by atoms with van der Waals surface area (Å²) in [7, 11) is 0. The molecule has 2 amide bonds. The van der Waals surface area contributed by atoms with Crippen LogP contribution in [0.3, 0.4) is 0 Å². The monoisotopic (exact) mass is 345 g/mol. The van der Waals surface area contributed by atoms with E-state index in [1.54, 1.807) is 18.2 Å². The molecule has 1 unspecified atom stereocenters. The first-order valence-corrected chi connectivity index (χ1v) is 7.73. The van der Waals surface area contributed by atoms with E-state index in [1.165, 1.54) is 0 Å². The number of imide groups is 1. The molecular formula is C18H13F2NO4. The van der Waals surface area contributed by atoms with Crippen molar-refractivity contribution in [3.8, 4) is 11.5 Å². The number of carbonyl (C=O) groups excluding carboxylic acids is 2. The molecule has 1 atom stereocenters. The first kappa shape index (κ1) is 15.6. The van der Waals surface area contributed by atoms with Gasteiger partial charge in [-0.25, -0.2) is 8.78 Å². The number of anilines is 1. The molecule has 1 saturated heterocycles. The third-order valence-electron chi connectivity index (χ3n) is 4.33. The number of fused-ring (bicyclic) bond motifs is 1. The summed E-state index contributed by atoms with van der Waals surface area (Å²) in [5, 5.41) is 0. The second-order valence-electron chi connectivity index (χ2n) is 5.95. The van der Waals surface area contributed by atoms with Crippen LogP contribution in [0.4, 0.5) is 14.5 Å². The van der Waals surface area contributed by atoms with Crippen LogP contribution in [0.15, 0.2) is 36.4 Å². The zero-order chi connectivity index (χ0) is 17.6. The molecule has 1 fully saturated rings. The fourth-order valence-corrected chi connectivity index (χ4v) is 3.12. The Bertz CT molecular complexity index is 883. The smallest absolute Gasteiger partial charge is 0.237 e. The minimum Gasteiger partial charge on any atom is -0.454 e. The summed E-state index contributed by atoms with van der Waals surface area (Å²) in [6.45, 7) is 0.0855. The van der Waals surface area contributed by atoms with Crippen LogP contribution in [0.2, 0.25) is 0 Å². The van der Waals surface area contributed by atoms with Crippen molar-refractivity contribution >= 4 is 17.5 Å².